The number of carbonyl (C=O) groups is 2. The normalized spacial score (nSPS) is 22.1. The number of benzene rings is 2. The molecule has 2 aromatic carbocycles. The molecule has 37 heavy (non-hydrogen) atoms. The largest absolute Gasteiger partial charge is 0.369 e. The predicted octanol–water partition coefficient (Wildman–Crippen LogP) is 4.66. The molecule has 5 rings (SSSR count). The Bertz CT molecular complexity index is 1370. The van der Waals surface area contributed by atoms with Gasteiger partial charge in [-0.3, -0.25) is 9.59 Å². The van der Waals surface area contributed by atoms with Crippen LogP contribution >= 0.6 is 11.6 Å². The van der Waals surface area contributed by atoms with E-state index in [9.17, 15) is 9.59 Å². The van der Waals surface area contributed by atoms with Gasteiger partial charge in [0, 0.05) is 18.7 Å². The highest BCUT2D eigenvalue weighted by atomic mass is 35.5. The minimum absolute atomic E-state index is 0.135. The van der Waals surface area contributed by atoms with Crippen molar-refractivity contribution in [2.75, 3.05) is 17.7 Å². The van der Waals surface area contributed by atoms with E-state index in [1.165, 1.54) is 12.3 Å². The maximum atomic E-state index is 15.1. The van der Waals surface area contributed by atoms with Crippen LogP contribution in [-0.2, 0) is 4.79 Å². The third kappa shape index (κ3) is 4.83. The number of halogens is 2. The topological polar surface area (TPSA) is 122 Å². The lowest BCUT2D eigenvalue weighted by atomic mass is 9.84. The molecule has 2 amide bonds. The van der Waals surface area contributed by atoms with Crippen LogP contribution in [0.4, 0.5) is 21.8 Å². The molecule has 8 nitrogen and oxygen atoms in total. The van der Waals surface area contributed by atoms with Crippen LogP contribution in [0.25, 0.3) is 11.1 Å². The molecule has 1 aromatic heterocycles. The van der Waals surface area contributed by atoms with E-state index in [4.69, 9.17) is 17.3 Å². The number of nitrogens with zero attached hydrogens (tertiary/aromatic N) is 2. The molecule has 192 valence electrons. The summed E-state index contributed by atoms with van der Waals surface area (Å²) < 4.78 is 15.1. The highest BCUT2D eigenvalue weighted by molar-refractivity contribution is 6.32. The van der Waals surface area contributed by atoms with Gasteiger partial charge in [0.1, 0.15) is 10.8 Å². The maximum absolute atomic E-state index is 15.1. The second-order valence-corrected chi connectivity index (χ2v) is 10.2. The fourth-order valence-electron chi connectivity index (χ4n) is 5.75. The molecular formula is C27H28ClFN6O2. The van der Waals surface area contributed by atoms with Crippen LogP contribution < -0.4 is 21.7 Å². The Hall–Kier alpha value is -3.72. The lowest BCUT2D eigenvalue weighted by Gasteiger charge is -2.30. The Balaban J connectivity index is 1.36. The molecule has 0 aliphatic heterocycles. The minimum Gasteiger partial charge on any atom is -0.369 e. The molecule has 4 atom stereocenters. The van der Waals surface area contributed by atoms with Crippen molar-refractivity contribution in [1.29, 1.82) is 0 Å². The summed E-state index contributed by atoms with van der Waals surface area (Å²) in [6.07, 6.45) is 4.45. The van der Waals surface area contributed by atoms with Crippen molar-refractivity contribution in [3.05, 3.63) is 64.6 Å². The monoisotopic (exact) mass is 522 g/mol. The standard InChI is InChI=1S/C27H28ClFN6O2/c1-13-9-21(20(29)11-18(13)14-3-5-15(6-4-14)26(37)31-2)33-27-32-12-19(28)25(35-27)34-23-17-8-7-16(10-17)22(23)24(30)36/h3-6,9,11-12,16-17,22-23H,7-8,10H2,1-2H3,(H2,30,36)(H,31,37)(H2,32,33,34,35)/t16-,17+,22+,23-/m1/s1. The zero-order valence-electron chi connectivity index (χ0n) is 20.5. The Morgan fingerprint density at radius 2 is 1.86 bits per heavy atom. The molecule has 0 spiro atoms. The lowest BCUT2D eigenvalue weighted by molar-refractivity contribution is -0.123. The molecule has 0 unspecified atom stereocenters. The molecule has 2 fully saturated rings. The second kappa shape index (κ2) is 9.97. The van der Waals surface area contributed by atoms with Crippen LogP contribution in [0.2, 0.25) is 5.02 Å². The van der Waals surface area contributed by atoms with Gasteiger partial charge in [0.2, 0.25) is 11.9 Å². The fraction of sp³-hybridized carbons (Fsp3) is 0.333. The number of aromatic nitrogens is 2. The van der Waals surface area contributed by atoms with Gasteiger partial charge in [-0.2, -0.15) is 4.98 Å². The van der Waals surface area contributed by atoms with Gasteiger partial charge in [-0.05, 0) is 79.0 Å². The van der Waals surface area contributed by atoms with E-state index in [1.54, 1.807) is 37.4 Å². The van der Waals surface area contributed by atoms with Crippen LogP contribution in [0.3, 0.4) is 0 Å². The third-order valence-corrected chi connectivity index (χ3v) is 7.81. The molecule has 1 heterocycles. The zero-order chi connectivity index (χ0) is 26.3. The van der Waals surface area contributed by atoms with Crippen molar-refractivity contribution >= 4 is 40.9 Å². The number of aryl methyl sites for hydroxylation is 1. The van der Waals surface area contributed by atoms with E-state index in [1.807, 2.05) is 6.92 Å². The van der Waals surface area contributed by atoms with E-state index in [0.29, 0.717) is 27.9 Å². The molecule has 5 N–H and O–H groups in total. The number of fused-ring (bicyclic) bond motifs is 2. The van der Waals surface area contributed by atoms with Gasteiger partial charge in [0.15, 0.2) is 5.82 Å². The molecule has 0 saturated heterocycles. The fourth-order valence-corrected chi connectivity index (χ4v) is 5.89. The highest BCUT2D eigenvalue weighted by Gasteiger charge is 2.50. The first-order chi connectivity index (χ1) is 17.7. The van der Waals surface area contributed by atoms with E-state index in [-0.39, 0.29) is 41.3 Å². The molecule has 2 bridgehead atoms. The summed E-state index contributed by atoms with van der Waals surface area (Å²) in [5.74, 6) is -0.0629. The average Bonchev–Trinajstić information content (AvgIpc) is 3.49. The maximum Gasteiger partial charge on any atom is 0.251 e. The van der Waals surface area contributed by atoms with Crippen LogP contribution in [0.1, 0.15) is 35.2 Å². The molecule has 10 heteroatoms. The number of hydrogen-bond donors (Lipinski definition) is 4. The number of carbonyl (C=O) groups excluding carboxylic acids is 2. The third-order valence-electron chi connectivity index (χ3n) is 7.54. The first-order valence-electron chi connectivity index (χ1n) is 12.2. The van der Waals surface area contributed by atoms with Crippen molar-refractivity contribution in [3.8, 4) is 11.1 Å². The summed E-state index contributed by atoms with van der Waals surface area (Å²) in [7, 11) is 1.57. The van der Waals surface area contributed by atoms with Crippen LogP contribution in [-0.4, -0.2) is 34.9 Å². The first-order valence-corrected chi connectivity index (χ1v) is 12.6. The van der Waals surface area contributed by atoms with E-state index in [2.05, 4.69) is 25.9 Å². The summed E-state index contributed by atoms with van der Waals surface area (Å²) in [6.45, 7) is 1.88. The quantitative estimate of drug-likeness (QED) is 0.358. The average molecular weight is 523 g/mol. The van der Waals surface area contributed by atoms with Gasteiger partial charge in [0.05, 0.1) is 17.8 Å². The molecule has 2 aliphatic rings. The van der Waals surface area contributed by atoms with Gasteiger partial charge < -0.3 is 21.7 Å². The smallest absolute Gasteiger partial charge is 0.251 e. The molecule has 2 saturated carbocycles. The van der Waals surface area contributed by atoms with E-state index < -0.39 is 5.82 Å². The highest BCUT2D eigenvalue weighted by Crippen LogP contribution is 2.49. The molecular weight excluding hydrogens is 495 g/mol. The Morgan fingerprint density at radius 3 is 2.57 bits per heavy atom. The second-order valence-electron chi connectivity index (χ2n) is 9.75. The van der Waals surface area contributed by atoms with Gasteiger partial charge in [0.25, 0.3) is 5.91 Å². The number of anilines is 3. The van der Waals surface area contributed by atoms with Crippen molar-refractivity contribution in [2.45, 2.75) is 32.2 Å². The van der Waals surface area contributed by atoms with Gasteiger partial charge >= 0.3 is 0 Å². The summed E-state index contributed by atoms with van der Waals surface area (Å²) in [5, 5.41) is 9.16. The van der Waals surface area contributed by atoms with Crippen molar-refractivity contribution in [1.82, 2.24) is 15.3 Å². The van der Waals surface area contributed by atoms with E-state index in [0.717, 1.165) is 30.4 Å². The summed E-state index contributed by atoms with van der Waals surface area (Å²) in [6, 6.07) is 9.96. The minimum atomic E-state index is -0.481. The summed E-state index contributed by atoms with van der Waals surface area (Å²) in [5.41, 5.74) is 8.76. The van der Waals surface area contributed by atoms with Crippen molar-refractivity contribution < 1.29 is 14.0 Å². The first kappa shape index (κ1) is 25.0. The molecule has 2 aliphatic carbocycles. The van der Waals surface area contributed by atoms with Crippen LogP contribution in [0.15, 0.2) is 42.6 Å². The molecule has 3 aromatic rings. The van der Waals surface area contributed by atoms with Crippen molar-refractivity contribution in [3.63, 3.8) is 0 Å². The predicted molar refractivity (Wildman–Crippen MR) is 141 cm³/mol. The lowest BCUT2D eigenvalue weighted by Crippen LogP contribution is -2.42. The zero-order valence-corrected chi connectivity index (χ0v) is 21.3. The number of nitrogens with one attached hydrogen (secondary N) is 3. The van der Waals surface area contributed by atoms with Gasteiger partial charge in [-0.15, -0.1) is 0 Å². The number of primary amides is 1. The van der Waals surface area contributed by atoms with E-state index >= 15 is 4.39 Å². The number of nitrogens with two attached hydrogens (primary N) is 1. The summed E-state index contributed by atoms with van der Waals surface area (Å²) in [4.78, 5) is 32.6. The van der Waals surface area contributed by atoms with Crippen LogP contribution in [0.5, 0.6) is 0 Å². The SMILES string of the molecule is CNC(=O)c1ccc(-c2cc(F)c(Nc3ncc(Cl)c(N[C@@H]4[C@H]5CC[C@H](C5)[C@@H]4C(N)=O)n3)cc2C)cc1. The number of amides is 2. The molecule has 0 radical (unpaired) electrons. The Morgan fingerprint density at radius 1 is 1.14 bits per heavy atom. The number of hydrogen-bond acceptors (Lipinski definition) is 6. The van der Waals surface area contributed by atoms with Gasteiger partial charge in [-0.25, -0.2) is 9.37 Å². The summed E-state index contributed by atoms with van der Waals surface area (Å²) >= 11 is 6.36. The Labute approximate surface area is 219 Å². The Kier molecular flexibility index (Phi) is 6.72. The van der Waals surface area contributed by atoms with Gasteiger partial charge in [-0.1, -0.05) is 23.7 Å². The van der Waals surface area contributed by atoms with Crippen LogP contribution in [0, 0.1) is 30.5 Å². The number of rotatable bonds is 7. The van der Waals surface area contributed by atoms with Crippen molar-refractivity contribution in [2.24, 2.45) is 23.5 Å².